The summed E-state index contributed by atoms with van der Waals surface area (Å²) in [5.41, 5.74) is 5.16. The molecule has 1 atom stereocenters. The van der Waals surface area contributed by atoms with E-state index in [2.05, 4.69) is 32.3 Å². The summed E-state index contributed by atoms with van der Waals surface area (Å²) in [5.74, 6) is -0.0537. The molecule has 1 aliphatic rings. The van der Waals surface area contributed by atoms with Crippen LogP contribution in [0.2, 0.25) is 0 Å². The van der Waals surface area contributed by atoms with Gasteiger partial charge in [0.2, 0.25) is 0 Å². The summed E-state index contributed by atoms with van der Waals surface area (Å²) in [6.45, 7) is 2.76. The summed E-state index contributed by atoms with van der Waals surface area (Å²) in [4.78, 5) is 26.1. The molecule has 0 unspecified atom stereocenters. The van der Waals surface area contributed by atoms with Gasteiger partial charge in [-0.25, -0.2) is 4.98 Å². The van der Waals surface area contributed by atoms with Crippen LogP contribution in [0.1, 0.15) is 34.5 Å². The van der Waals surface area contributed by atoms with Gasteiger partial charge in [0.1, 0.15) is 5.69 Å². The van der Waals surface area contributed by atoms with Crippen LogP contribution in [0, 0.1) is 6.92 Å². The molecule has 0 aliphatic carbocycles. The molecule has 32 heavy (non-hydrogen) atoms. The molecule has 0 radical (unpaired) electrons. The monoisotopic (exact) mass is 424 g/mol. The van der Waals surface area contributed by atoms with Crippen molar-refractivity contribution in [3.63, 3.8) is 0 Å². The third-order valence-electron chi connectivity index (χ3n) is 5.86. The van der Waals surface area contributed by atoms with Crippen molar-refractivity contribution in [2.75, 3.05) is 6.54 Å². The van der Waals surface area contributed by atoms with Crippen molar-refractivity contribution in [1.82, 2.24) is 29.9 Å². The number of rotatable bonds is 5. The quantitative estimate of drug-likeness (QED) is 0.486. The molecular weight excluding hydrogens is 400 g/mol. The molecule has 7 heteroatoms. The molecule has 0 N–H and O–H groups in total. The van der Waals surface area contributed by atoms with Gasteiger partial charge in [-0.2, -0.15) is 15.0 Å². The maximum absolute atomic E-state index is 13.6. The van der Waals surface area contributed by atoms with Gasteiger partial charge in [-0.05, 0) is 49.9 Å². The fourth-order valence-corrected chi connectivity index (χ4v) is 4.38. The Kier molecular flexibility index (Phi) is 5.46. The highest BCUT2D eigenvalue weighted by atomic mass is 16.2. The van der Waals surface area contributed by atoms with E-state index in [1.165, 1.54) is 0 Å². The SMILES string of the molecule is Cc1cccc(-c2nccnc2C(=O)N2CCC[C@H]2Cc2cccc(-n3nccn3)c2)c1. The number of benzene rings is 2. The van der Waals surface area contributed by atoms with Crippen LogP contribution in [0.5, 0.6) is 0 Å². The Labute approximate surface area is 186 Å². The molecule has 0 bridgehead atoms. The summed E-state index contributed by atoms with van der Waals surface area (Å²) in [5, 5.41) is 8.43. The number of carbonyl (C=O) groups excluding carboxylic acids is 1. The first-order valence-corrected chi connectivity index (χ1v) is 10.8. The van der Waals surface area contributed by atoms with Crippen LogP contribution in [0.4, 0.5) is 0 Å². The lowest BCUT2D eigenvalue weighted by atomic mass is 10.0. The number of hydrogen-bond acceptors (Lipinski definition) is 5. The van der Waals surface area contributed by atoms with Crippen LogP contribution in [0.15, 0.2) is 73.3 Å². The number of likely N-dealkylation sites (tertiary alicyclic amines) is 1. The van der Waals surface area contributed by atoms with Crippen molar-refractivity contribution >= 4 is 5.91 Å². The second-order valence-electron chi connectivity index (χ2n) is 8.11. The van der Waals surface area contributed by atoms with Gasteiger partial charge < -0.3 is 4.90 Å². The maximum atomic E-state index is 13.6. The van der Waals surface area contributed by atoms with E-state index in [0.29, 0.717) is 11.4 Å². The van der Waals surface area contributed by atoms with E-state index in [1.807, 2.05) is 48.2 Å². The van der Waals surface area contributed by atoms with E-state index >= 15 is 0 Å². The van der Waals surface area contributed by atoms with Crippen molar-refractivity contribution in [3.8, 4) is 16.9 Å². The molecule has 7 nitrogen and oxygen atoms in total. The van der Waals surface area contributed by atoms with Crippen LogP contribution in [-0.2, 0) is 6.42 Å². The Morgan fingerprint density at radius 3 is 2.66 bits per heavy atom. The molecule has 1 fully saturated rings. The zero-order valence-electron chi connectivity index (χ0n) is 17.9. The first-order valence-electron chi connectivity index (χ1n) is 10.8. The standard InChI is InChI=1S/C25H24N6O/c1-18-5-2-7-20(15-18)23-24(27-11-10-26-23)25(32)30-14-4-9-21(30)16-19-6-3-8-22(17-19)31-28-12-13-29-31/h2-3,5-8,10-13,15,17,21H,4,9,14,16H2,1H3/t21-/m0/s1. The molecule has 0 spiro atoms. The predicted octanol–water partition coefficient (Wildman–Crippen LogP) is 3.88. The lowest BCUT2D eigenvalue weighted by Crippen LogP contribution is -2.37. The fraction of sp³-hybridized carbons (Fsp3) is 0.240. The molecule has 160 valence electrons. The van der Waals surface area contributed by atoms with Gasteiger partial charge in [-0.15, -0.1) is 0 Å². The average Bonchev–Trinajstić information content (AvgIpc) is 3.51. The smallest absolute Gasteiger partial charge is 0.274 e. The molecular formula is C25H24N6O. The van der Waals surface area contributed by atoms with E-state index in [1.54, 1.807) is 29.6 Å². The number of aryl methyl sites for hydroxylation is 1. The Morgan fingerprint density at radius 2 is 1.81 bits per heavy atom. The average molecular weight is 425 g/mol. The number of aromatic nitrogens is 5. The van der Waals surface area contributed by atoms with Crippen molar-refractivity contribution in [2.24, 2.45) is 0 Å². The topological polar surface area (TPSA) is 76.8 Å². The van der Waals surface area contributed by atoms with Gasteiger partial charge in [0.15, 0.2) is 5.69 Å². The second kappa shape index (κ2) is 8.70. The summed E-state index contributed by atoms with van der Waals surface area (Å²) in [6, 6.07) is 16.3. The summed E-state index contributed by atoms with van der Waals surface area (Å²) < 4.78 is 0. The summed E-state index contributed by atoms with van der Waals surface area (Å²) >= 11 is 0. The van der Waals surface area contributed by atoms with E-state index in [9.17, 15) is 4.79 Å². The summed E-state index contributed by atoms with van der Waals surface area (Å²) in [6.07, 6.45) is 9.30. The van der Waals surface area contributed by atoms with Gasteiger partial charge in [0, 0.05) is 30.5 Å². The van der Waals surface area contributed by atoms with E-state index in [4.69, 9.17) is 0 Å². The third-order valence-corrected chi connectivity index (χ3v) is 5.86. The molecule has 1 saturated heterocycles. The minimum absolute atomic E-state index is 0.0537. The number of hydrogen-bond donors (Lipinski definition) is 0. The zero-order valence-corrected chi connectivity index (χ0v) is 17.9. The molecule has 1 amide bonds. The first-order chi connectivity index (χ1) is 15.7. The largest absolute Gasteiger partial charge is 0.334 e. The van der Waals surface area contributed by atoms with Gasteiger partial charge >= 0.3 is 0 Å². The normalized spacial score (nSPS) is 15.8. The van der Waals surface area contributed by atoms with Crippen LogP contribution < -0.4 is 0 Å². The van der Waals surface area contributed by atoms with Crippen LogP contribution in [0.25, 0.3) is 16.9 Å². The Bertz CT molecular complexity index is 1240. The van der Waals surface area contributed by atoms with E-state index in [0.717, 1.165) is 48.2 Å². The van der Waals surface area contributed by atoms with Gasteiger partial charge in [-0.1, -0.05) is 35.9 Å². The lowest BCUT2D eigenvalue weighted by molar-refractivity contribution is 0.0731. The summed E-state index contributed by atoms with van der Waals surface area (Å²) in [7, 11) is 0. The Hall–Kier alpha value is -3.87. The highest BCUT2D eigenvalue weighted by Gasteiger charge is 2.32. The van der Waals surface area contributed by atoms with Crippen LogP contribution in [0.3, 0.4) is 0 Å². The fourth-order valence-electron chi connectivity index (χ4n) is 4.38. The molecule has 2 aromatic heterocycles. The third kappa shape index (κ3) is 4.01. The zero-order chi connectivity index (χ0) is 21.9. The van der Waals surface area contributed by atoms with Crippen molar-refractivity contribution < 1.29 is 4.79 Å². The molecule has 2 aromatic carbocycles. The highest BCUT2D eigenvalue weighted by molar-refractivity contribution is 5.98. The van der Waals surface area contributed by atoms with Gasteiger partial charge in [0.25, 0.3) is 5.91 Å². The molecule has 0 saturated carbocycles. The minimum Gasteiger partial charge on any atom is -0.334 e. The Morgan fingerprint density at radius 1 is 1.00 bits per heavy atom. The number of nitrogens with zero attached hydrogens (tertiary/aromatic N) is 6. The van der Waals surface area contributed by atoms with Crippen molar-refractivity contribution in [3.05, 3.63) is 90.1 Å². The second-order valence-corrected chi connectivity index (χ2v) is 8.11. The Balaban J connectivity index is 1.40. The van der Waals surface area contributed by atoms with E-state index < -0.39 is 0 Å². The van der Waals surface area contributed by atoms with Gasteiger partial charge in [-0.3, -0.25) is 9.78 Å². The maximum Gasteiger partial charge on any atom is 0.274 e. The van der Waals surface area contributed by atoms with Crippen LogP contribution in [-0.4, -0.2) is 48.4 Å². The van der Waals surface area contributed by atoms with Crippen molar-refractivity contribution in [2.45, 2.75) is 32.2 Å². The molecule has 1 aliphatic heterocycles. The minimum atomic E-state index is -0.0537. The van der Waals surface area contributed by atoms with Crippen molar-refractivity contribution in [1.29, 1.82) is 0 Å². The first kappa shape index (κ1) is 20.1. The molecule has 4 aromatic rings. The van der Waals surface area contributed by atoms with Gasteiger partial charge in [0.05, 0.1) is 18.1 Å². The molecule has 3 heterocycles. The van der Waals surface area contributed by atoms with Crippen LogP contribution >= 0.6 is 0 Å². The van der Waals surface area contributed by atoms with E-state index in [-0.39, 0.29) is 11.9 Å². The molecule has 5 rings (SSSR count). The lowest BCUT2D eigenvalue weighted by Gasteiger charge is -2.25. The highest BCUT2D eigenvalue weighted by Crippen LogP contribution is 2.27. The number of amides is 1. The predicted molar refractivity (Wildman–Crippen MR) is 121 cm³/mol. The number of carbonyl (C=O) groups is 1.